The first-order valence-electron chi connectivity index (χ1n) is 7.17. The Kier molecular flexibility index (Phi) is 5.93. The summed E-state index contributed by atoms with van der Waals surface area (Å²) in [7, 11) is 0. The SMILES string of the molecule is NCC(=O)NCC(=O)NC1(c2ccc(Br)cc2)CCOCC1. The van der Waals surface area contributed by atoms with Crippen molar-refractivity contribution < 1.29 is 14.3 Å². The number of carbonyl (C=O) groups is 2. The highest BCUT2D eigenvalue weighted by Gasteiger charge is 2.35. The first kappa shape index (κ1) is 16.9. The van der Waals surface area contributed by atoms with Crippen LogP contribution in [0.2, 0.25) is 0 Å². The van der Waals surface area contributed by atoms with Crippen LogP contribution in [0.1, 0.15) is 18.4 Å². The Morgan fingerprint density at radius 3 is 2.41 bits per heavy atom. The molecule has 2 amide bonds. The third-order valence-electron chi connectivity index (χ3n) is 3.75. The number of carbonyl (C=O) groups excluding carboxylic acids is 2. The van der Waals surface area contributed by atoms with Crippen molar-refractivity contribution in [3.05, 3.63) is 34.3 Å². The molecule has 0 spiro atoms. The fraction of sp³-hybridized carbons (Fsp3) is 0.467. The Balaban J connectivity index is 2.10. The summed E-state index contributed by atoms with van der Waals surface area (Å²) in [6.07, 6.45) is 1.40. The summed E-state index contributed by atoms with van der Waals surface area (Å²) in [4.78, 5) is 23.3. The van der Waals surface area contributed by atoms with Gasteiger partial charge in [0.2, 0.25) is 11.8 Å². The zero-order chi connectivity index (χ0) is 16.0. The molecule has 0 aromatic heterocycles. The second-order valence-electron chi connectivity index (χ2n) is 5.23. The van der Waals surface area contributed by atoms with Crippen molar-refractivity contribution in [2.24, 2.45) is 5.73 Å². The topological polar surface area (TPSA) is 93.5 Å². The highest BCUT2D eigenvalue weighted by atomic mass is 79.9. The van der Waals surface area contributed by atoms with Gasteiger partial charge in [-0.1, -0.05) is 28.1 Å². The fourth-order valence-electron chi connectivity index (χ4n) is 2.54. The van der Waals surface area contributed by atoms with Crippen molar-refractivity contribution in [2.75, 3.05) is 26.3 Å². The zero-order valence-corrected chi connectivity index (χ0v) is 13.8. The summed E-state index contributed by atoms with van der Waals surface area (Å²) in [5.41, 5.74) is 5.79. The van der Waals surface area contributed by atoms with Crippen molar-refractivity contribution in [2.45, 2.75) is 18.4 Å². The number of nitrogens with two attached hydrogens (primary N) is 1. The maximum atomic E-state index is 12.2. The van der Waals surface area contributed by atoms with E-state index in [0.717, 1.165) is 10.0 Å². The van der Waals surface area contributed by atoms with Gasteiger partial charge < -0.3 is 21.1 Å². The summed E-state index contributed by atoms with van der Waals surface area (Å²) < 4.78 is 6.41. The quantitative estimate of drug-likeness (QED) is 0.710. The molecule has 1 aliphatic rings. The lowest BCUT2D eigenvalue weighted by molar-refractivity contribution is -0.127. The van der Waals surface area contributed by atoms with E-state index < -0.39 is 5.54 Å². The van der Waals surface area contributed by atoms with E-state index >= 15 is 0 Å². The molecule has 0 saturated carbocycles. The Morgan fingerprint density at radius 1 is 1.18 bits per heavy atom. The van der Waals surface area contributed by atoms with Gasteiger partial charge in [0.25, 0.3) is 0 Å². The number of benzene rings is 1. The Bertz CT molecular complexity index is 527. The van der Waals surface area contributed by atoms with Gasteiger partial charge in [0.05, 0.1) is 18.6 Å². The van der Waals surface area contributed by atoms with Crippen LogP contribution in [0.4, 0.5) is 0 Å². The van der Waals surface area contributed by atoms with Gasteiger partial charge in [-0.2, -0.15) is 0 Å². The van der Waals surface area contributed by atoms with Gasteiger partial charge in [-0.05, 0) is 30.5 Å². The molecule has 4 N–H and O–H groups in total. The molecule has 1 aliphatic heterocycles. The van der Waals surface area contributed by atoms with E-state index in [-0.39, 0.29) is 24.9 Å². The van der Waals surface area contributed by atoms with Gasteiger partial charge in [0, 0.05) is 17.7 Å². The van der Waals surface area contributed by atoms with E-state index in [0.29, 0.717) is 26.1 Å². The number of hydrogen-bond donors (Lipinski definition) is 3. The summed E-state index contributed by atoms with van der Waals surface area (Å²) >= 11 is 3.42. The summed E-state index contributed by atoms with van der Waals surface area (Å²) in [6.45, 7) is 0.977. The van der Waals surface area contributed by atoms with Crippen LogP contribution in [0.5, 0.6) is 0 Å². The minimum absolute atomic E-state index is 0.0742. The fourth-order valence-corrected chi connectivity index (χ4v) is 2.80. The molecule has 6 nitrogen and oxygen atoms in total. The highest BCUT2D eigenvalue weighted by Crippen LogP contribution is 2.32. The highest BCUT2D eigenvalue weighted by molar-refractivity contribution is 9.10. The number of halogens is 1. The Morgan fingerprint density at radius 2 is 1.82 bits per heavy atom. The van der Waals surface area contributed by atoms with Crippen LogP contribution in [-0.4, -0.2) is 38.1 Å². The van der Waals surface area contributed by atoms with Crippen molar-refractivity contribution in [3.63, 3.8) is 0 Å². The van der Waals surface area contributed by atoms with Crippen molar-refractivity contribution in [1.82, 2.24) is 10.6 Å². The second kappa shape index (κ2) is 7.71. The van der Waals surface area contributed by atoms with Crippen molar-refractivity contribution >= 4 is 27.7 Å². The molecule has 0 atom stereocenters. The molecule has 1 fully saturated rings. The van der Waals surface area contributed by atoms with E-state index in [1.807, 2.05) is 24.3 Å². The minimum atomic E-state index is -0.455. The minimum Gasteiger partial charge on any atom is -0.381 e. The monoisotopic (exact) mass is 369 g/mol. The maximum absolute atomic E-state index is 12.2. The van der Waals surface area contributed by atoms with Crippen molar-refractivity contribution in [3.8, 4) is 0 Å². The van der Waals surface area contributed by atoms with Crippen LogP contribution < -0.4 is 16.4 Å². The van der Waals surface area contributed by atoms with E-state index in [9.17, 15) is 9.59 Å². The summed E-state index contributed by atoms with van der Waals surface area (Å²) in [5.74, 6) is -0.577. The van der Waals surface area contributed by atoms with E-state index in [2.05, 4.69) is 26.6 Å². The number of hydrogen-bond acceptors (Lipinski definition) is 4. The van der Waals surface area contributed by atoms with Gasteiger partial charge >= 0.3 is 0 Å². The predicted molar refractivity (Wildman–Crippen MR) is 86.1 cm³/mol. The van der Waals surface area contributed by atoms with Gasteiger partial charge in [-0.3, -0.25) is 9.59 Å². The molecule has 120 valence electrons. The molecule has 0 aliphatic carbocycles. The normalized spacial score (nSPS) is 16.8. The summed E-state index contributed by atoms with van der Waals surface area (Å²) in [5, 5.41) is 5.54. The van der Waals surface area contributed by atoms with Gasteiger partial charge in [-0.25, -0.2) is 0 Å². The average Bonchev–Trinajstić information content (AvgIpc) is 2.54. The van der Waals surface area contributed by atoms with Crippen LogP contribution >= 0.6 is 15.9 Å². The third-order valence-corrected chi connectivity index (χ3v) is 4.28. The number of rotatable bonds is 5. The molecule has 1 saturated heterocycles. The summed E-state index contributed by atoms with van der Waals surface area (Å²) in [6, 6.07) is 7.89. The standard InChI is InChI=1S/C15H20BrN3O3/c16-12-3-1-11(2-4-12)15(5-7-22-8-6-15)19-14(21)10-18-13(20)9-17/h1-4H,5-10,17H2,(H,18,20)(H,19,21). The maximum Gasteiger partial charge on any atom is 0.240 e. The Labute approximate surface area is 137 Å². The van der Waals surface area contributed by atoms with E-state index in [1.54, 1.807) is 0 Å². The molecule has 0 bridgehead atoms. The molecule has 22 heavy (non-hydrogen) atoms. The molecular formula is C15H20BrN3O3. The lowest BCUT2D eigenvalue weighted by Crippen LogP contribution is -2.52. The molecule has 0 unspecified atom stereocenters. The molecule has 1 aromatic carbocycles. The lowest BCUT2D eigenvalue weighted by Gasteiger charge is -2.38. The lowest BCUT2D eigenvalue weighted by atomic mass is 9.82. The number of amides is 2. The molecular weight excluding hydrogens is 350 g/mol. The average molecular weight is 370 g/mol. The third kappa shape index (κ3) is 4.28. The van der Waals surface area contributed by atoms with Crippen LogP contribution in [0, 0.1) is 0 Å². The van der Waals surface area contributed by atoms with Crippen LogP contribution in [-0.2, 0) is 19.9 Å². The van der Waals surface area contributed by atoms with E-state index in [4.69, 9.17) is 10.5 Å². The smallest absolute Gasteiger partial charge is 0.240 e. The zero-order valence-electron chi connectivity index (χ0n) is 12.2. The predicted octanol–water partition coefficient (Wildman–Crippen LogP) is 0.646. The first-order chi connectivity index (χ1) is 10.6. The van der Waals surface area contributed by atoms with Gasteiger partial charge in [0.15, 0.2) is 0 Å². The molecule has 2 rings (SSSR count). The molecule has 1 aromatic rings. The molecule has 0 radical (unpaired) electrons. The largest absolute Gasteiger partial charge is 0.381 e. The number of ether oxygens (including phenoxy) is 1. The number of nitrogens with one attached hydrogen (secondary N) is 2. The Hall–Kier alpha value is -1.44. The first-order valence-corrected chi connectivity index (χ1v) is 7.96. The van der Waals surface area contributed by atoms with Crippen molar-refractivity contribution in [1.29, 1.82) is 0 Å². The second-order valence-corrected chi connectivity index (χ2v) is 6.15. The van der Waals surface area contributed by atoms with Gasteiger partial charge in [-0.15, -0.1) is 0 Å². The van der Waals surface area contributed by atoms with Gasteiger partial charge in [0.1, 0.15) is 0 Å². The molecule has 1 heterocycles. The van der Waals surface area contributed by atoms with Crippen LogP contribution in [0.25, 0.3) is 0 Å². The van der Waals surface area contributed by atoms with Crippen LogP contribution in [0.3, 0.4) is 0 Å². The van der Waals surface area contributed by atoms with E-state index in [1.165, 1.54) is 0 Å². The molecule has 7 heteroatoms. The van der Waals surface area contributed by atoms with Crippen LogP contribution in [0.15, 0.2) is 28.7 Å².